The van der Waals surface area contributed by atoms with Gasteiger partial charge in [-0.1, -0.05) is 26.0 Å². The van der Waals surface area contributed by atoms with Gasteiger partial charge in [0.1, 0.15) is 0 Å². The van der Waals surface area contributed by atoms with Gasteiger partial charge in [0.2, 0.25) is 0 Å². The number of fused-ring (bicyclic) bond motifs is 1. The smallest absolute Gasteiger partial charge is 0.339 e. The van der Waals surface area contributed by atoms with Gasteiger partial charge in [0.25, 0.3) is 0 Å². The number of pyridine rings is 1. The highest BCUT2D eigenvalue weighted by atomic mass is 16.5. The lowest BCUT2D eigenvalue weighted by molar-refractivity contribution is -0.0666. The third-order valence-corrected chi connectivity index (χ3v) is 10.5. The van der Waals surface area contributed by atoms with E-state index in [-0.39, 0.29) is 6.61 Å². The monoisotopic (exact) mass is 749 g/mol. The number of imidazole rings is 2. The van der Waals surface area contributed by atoms with Crippen LogP contribution in [-0.4, -0.2) is 79.3 Å². The van der Waals surface area contributed by atoms with E-state index in [9.17, 15) is 4.79 Å². The number of rotatable bonds is 16. The molecule has 0 fully saturated rings. The molecule has 13 heteroatoms. The van der Waals surface area contributed by atoms with Crippen LogP contribution in [0.1, 0.15) is 65.2 Å². The van der Waals surface area contributed by atoms with Crippen LogP contribution in [0.3, 0.4) is 0 Å². The molecule has 0 saturated carbocycles. The fourth-order valence-corrected chi connectivity index (χ4v) is 7.78. The first kappa shape index (κ1) is 38.8. The maximum atomic E-state index is 12.9. The Morgan fingerprint density at radius 3 is 1.58 bits per heavy atom. The highest BCUT2D eigenvalue weighted by Crippen LogP contribution is 2.50. The van der Waals surface area contributed by atoms with Crippen molar-refractivity contribution in [2.45, 2.75) is 44.1 Å². The predicted octanol–water partition coefficient (Wildman–Crippen LogP) is 7.14. The van der Waals surface area contributed by atoms with Gasteiger partial charge >= 0.3 is 5.97 Å². The normalized spacial score (nSPS) is 14.7. The molecular formula is C42H47N5O8. The zero-order valence-electron chi connectivity index (χ0n) is 32.6. The molecule has 0 aliphatic carbocycles. The molecule has 3 aromatic carbocycles. The number of nitrogens with zero attached hydrogens (tertiary/aromatic N) is 5. The SMILES string of the molecule is CCOC(=O)c1cnc2cc(C(C)C(OC)(c3ccc(OC)c(OC)c3)n3ccnc3)c(C(C)C(OC)(c3ccc(OC)c(OC)c3)n3ccnc3)cc2c1. The minimum Gasteiger partial charge on any atom is -0.493 e. The molecule has 0 amide bonds. The summed E-state index contributed by atoms with van der Waals surface area (Å²) in [7, 11) is 9.75. The molecule has 0 aliphatic heterocycles. The summed E-state index contributed by atoms with van der Waals surface area (Å²) in [6.07, 6.45) is 12.2. The molecule has 6 aromatic rings. The van der Waals surface area contributed by atoms with Gasteiger partial charge in [-0.05, 0) is 60.5 Å². The summed E-state index contributed by atoms with van der Waals surface area (Å²) in [6, 6.07) is 17.4. The number of hydrogen-bond acceptors (Lipinski definition) is 11. The van der Waals surface area contributed by atoms with Crippen LogP contribution in [0, 0.1) is 0 Å². The summed E-state index contributed by atoms with van der Waals surface area (Å²) < 4.78 is 45.4. The molecule has 6 rings (SSSR count). The van der Waals surface area contributed by atoms with Crippen molar-refractivity contribution in [3.63, 3.8) is 0 Å². The van der Waals surface area contributed by atoms with Crippen LogP contribution in [0.2, 0.25) is 0 Å². The number of carbonyl (C=O) groups is 1. The summed E-state index contributed by atoms with van der Waals surface area (Å²) in [6.45, 7) is 6.22. The number of hydrogen-bond donors (Lipinski definition) is 0. The third kappa shape index (κ3) is 6.63. The van der Waals surface area contributed by atoms with Crippen molar-refractivity contribution in [1.82, 2.24) is 24.1 Å². The minimum atomic E-state index is -1.18. The van der Waals surface area contributed by atoms with Gasteiger partial charge < -0.3 is 42.3 Å². The molecule has 13 nitrogen and oxygen atoms in total. The molecule has 3 heterocycles. The van der Waals surface area contributed by atoms with E-state index in [0.29, 0.717) is 34.1 Å². The number of aromatic nitrogens is 5. The van der Waals surface area contributed by atoms with Crippen molar-refractivity contribution in [2.24, 2.45) is 0 Å². The summed E-state index contributed by atoms with van der Waals surface area (Å²) in [5.74, 6) is 0.910. The highest BCUT2D eigenvalue weighted by Gasteiger charge is 2.47. The molecule has 0 radical (unpaired) electrons. The van der Waals surface area contributed by atoms with Crippen LogP contribution >= 0.6 is 0 Å². The Hall–Kier alpha value is -5.92. The second-order valence-corrected chi connectivity index (χ2v) is 12.9. The molecule has 0 spiro atoms. The predicted molar refractivity (Wildman–Crippen MR) is 206 cm³/mol. The van der Waals surface area contributed by atoms with Crippen molar-refractivity contribution in [1.29, 1.82) is 0 Å². The van der Waals surface area contributed by atoms with E-state index in [2.05, 4.69) is 35.9 Å². The topological polar surface area (TPSA) is 130 Å². The Morgan fingerprint density at radius 1 is 0.673 bits per heavy atom. The molecule has 0 N–H and O–H groups in total. The molecule has 4 atom stereocenters. The molecular weight excluding hydrogens is 702 g/mol. The summed E-state index contributed by atoms with van der Waals surface area (Å²) in [5, 5.41) is 0.739. The zero-order valence-corrected chi connectivity index (χ0v) is 32.6. The van der Waals surface area contributed by atoms with E-state index in [4.69, 9.17) is 38.1 Å². The first-order valence-corrected chi connectivity index (χ1v) is 17.8. The third-order valence-electron chi connectivity index (χ3n) is 10.5. The fourth-order valence-electron chi connectivity index (χ4n) is 7.78. The van der Waals surface area contributed by atoms with Crippen molar-refractivity contribution < 1.29 is 38.0 Å². The Bertz CT molecular complexity index is 2240. The van der Waals surface area contributed by atoms with Crippen molar-refractivity contribution in [3.8, 4) is 23.0 Å². The van der Waals surface area contributed by atoms with E-state index >= 15 is 0 Å². The van der Waals surface area contributed by atoms with E-state index in [1.165, 1.54) is 0 Å². The number of carbonyl (C=O) groups excluding carboxylic acids is 1. The van der Waals surface area contributed by atoms with Crippen LogP contribution in [0.25, 0.3) is 10.9 Å². The van der Waals surface area contributed by atoms with E-state index in [0.717, 1.165) is 27.6 Å². The highest BCUT2D eigenvalue weighted by molar-refractivity contribution is 5.94. The van der Waals surface area contributed by atoms with Crippen LogP contribution < -0.4 is 18.9 Å². The van der Waals surface area contributed by atoms with Crippen molar-refractivity contribution in [2.75, 3.05) is 49.3 Å². The van der Waals surface area contributed by atoms with Gasteiger partial charge in [-0.15, -0.1) is 0 Å². The minimum absolute atomic E-state index is 0.242. The number of esters is 1. The summed E-state index contributed by atoms with van der Waals surface area (Å²) >= 11 is 0. The van der Waals surface area contributed by atoms with Gasteiger partial charge in [-0.3, -0.25) is 4.98 Å². The van der Waals surface area contributed by atoms with Crippen molar-refractivity contribution >= 4 is 16.9 Å². The van der Waals surface area contributed by atoms with Crippen LogP contribution in [0.4, 0.5) is 0 Å². The van der Waals surface area contributed by atoms with Gasteiger partial charge in [-0.25, -0.2) is 14.8 Å². The van der Waals surface area contributed by atoms with Gasteiger partial charge in [0.15, 0.2) is 34.4 Å². The van der Waals surface area contributed by atoms with E-state index < -0.39 is 29.3 Å². The second-order valence-electron chi connectivity index (χ2n) is 12.9. The number of ether oxygens (including phenoxy) is 7. The van der Waals surface area contributed by atoms with Gasteiger partial charge in [0, 0.05) is 73.6 Å². The van der Waals surface area contributed by atoms with E-state index in [1.54, 1.807) is 86.9 Å². The van der Waals surface area contributed by atoms with Gasteiger partial charge in [-0.2, -0.15) is 0 Å². The fraction of sp³-hybridized carbons (Fsp3) is 0.333. The molecule has 0 bridgehead atoms. The maximum absolute atomic E-state index is 12.9. The zero-order chi connectivity index (χ0) is 39.3. The first-order chi connectivity index (χ1) is 26.7. The Morgan fingerprint density at radius 2 is 1.16 bits per heavy atom. The standard InChI is InChI=1S/C42H47N5O8/c1-10-55-40(48)30-19-29-20-33(27(2)41(53-8,46-17-15-43-25-46)31-11-13-36(49-4)38(21-31)51-6)34(23-35(29)45-24-30)28(3)42(54-9,47-18-16-44-26-47)32-12-14-37(50-5)39(22-32)52-7/h11-28H,10H2,1-9H3. The van der Waals surface area contributed by atoms with Crippen LogP contribution in [0.5, 0.6) is 23.0 Å². The molecule has 0 aliphatic rings. The lowest BCUT2D eigenvalue weighted by Crippen LogP contribution is -2.44. The average molecular weight is 750 g/mol. The Labute approximate surface area is 320 Å². The Balaban J connectivity index is 1.68. The molecule has 55 heavy (non-hydrogen) atoms. The Kier molecular flexibility index (Phi) is 11.4. The maximum Gasteiger partial charge on any atom is 0.339 e. The molecule has 4 unspecified atom stereocenters. The van der Waals surface area contributed by atoms with Crippen LogP contribution in [-0.2, 0) is 25.7 Å². The van der Waals surface area contributed by atoms with E-state index in [1.807, 2.05) is 57.9 Å². The lowest BCUT2D eigenvalue weighted by Gasteiger charge is -2.44. The average Bonchev–Trinajstić information content (AvgIpc) is 3.97. The lowest BCUT2D eigenvalue weighted by atomic mass is 9.75. The summed E-state index contributed by atoms with van der Waals surface area (Å²) in [4.78, 5) is 26.6. The quantitative estimate of drug-likeness (QED) is 0.0937. The van der Waals surface area contributed by atoms with Gasteiger partial charge in [0.05, 0.1) is 58.8 Å². The largest absolute Gasteiger partial charge is 0.493 e. The number of benzene rings is 3. The first-order valence-electron chi connectivity index (χ1n) is 17.8. The second kappa shape index (κ2) is 16.2. The number of methoxy groups -OCH3 is 6. The van der Waals surface area contributed by atoms with Crippen LogP contribution in [0.15, 0.2) is 98.2 Å². The molecule has 0 saturated heterocycles. The molecule has 3 aromatic heterocycles. The molecule has 288 valence electrons. The summed E-state index contributed by atoms with van der Waals surface area (Å²) in [5.41, 5.74) is 2.01. The van der Waals surface area contributed by atoms with Crippen molar-refractivity contribution in [3.05, 3.63) is 126 Å².